The molecular weight excluding hydrogens is 234 g/mol. The van der Waals surface area contributed by atoms with E-state index in [1.807, 2.05) is 0 Å². The van der Waals surface area contributed by atoms with Crippen molar-refractivity contribution < 1.29 is 15.3 Å². The summed E-state index contributed by atoms with van der Waals surface area (Å²) < 4.78 is 0. The third-order valence-corrected chi connectivity index (χ3v) is 2.93. The third kappa shape index (κ3) is 1.24. The molecule has 3 aromatic rings. The monoisotopic (exact) mass is 243 g/mol. The summed E-state index contributed by atoms with van der Waals surface area (Å²) >= 11 is 0. The molecule has 0 aliphatic carbocycles. The number of para-hydroxylation sites is 1. The Morgan fingerprint density at radius 3 is 2.44 bits per heavy atom. The van der Waals surface area contributed by atoms with E-state index in [0.717, 1.165) is 6.07 Å². The van der Waals surface area contributed by atoms with Gasteiger partial charge in [0.2, 0.25) is 5.75 Å². The molecule has 90 valence electrons. The van der Waals surface area contributed by atoms with Crippen molar-refractivity contribution >= 4 is 21.8 Å². The second kappa shape index (κ2) is 3.40. The number of benzene rings is 2. The van der Waals surface area contributed by atoms with Crippen LogP contribution < -0.4 is 5.43 Å². The lowest BCUT2D eigenvalue weighted by Crippen LogP contribution is -2.04. The molecule has 18 heavy (non-hydrogen) atoms. The SMILES string of the molecule is O=c1c2ccccc2[nH]c2c(O)c(O)c(O)cc12. The van der Waals surface area contributed by atoms with Gasteiger partial charge in [0.25, 0.3) is 0 Å². The van der Waals surface area contributed by atoms with Gasteiger partial charge in [-0.15, -0.1) is 0 Å². The van der Waals surface area contributed by atoms with Gasteiger partial charge in [-0.1, -0.05) is 12.1 Å². The Morgan fingerprint density at radius 2 is 1.67 bits per heavy atom. The highest BCUT2D eigenvalue weighted by atomic mass is 16.3. The van der Waals surface area contributed by atoms with Crippen molar-refractivity contribution in [2.24, 2.45) is 0 Å². The van der Waals surface area contributed by atoms with Crippen LogP contribution in [0.15, 0.2) is 35.1 Å². The van der Waals surface area contributed by atoms with E-state index >= 15 is 0 Å². The first-order chi connectivity index (χ1) is 8.59. The number of H-pyrrole nitrogens is 1. The number of hydrogen-bond acceptors (Lipinski definition) is 4. The summed E-state index contributed by atoms with van der Waals surface area (Å²) in [5, 5.41) is 29.2. The quantitative estimate of drug-likeness (QED) is 0.358. The van der Waals surface area contributed by atoms with Crippen molar-refractivity contribution in [2.45, 2.75) is 0 Å². The minimum Gasteiger partial charge on any atom is -0.504 e. The average Bonchev–Trinajstić information content (AvgIpc) is 2.38. The van der Waals surface area contributed by atoms with Gasteiger partial charge in [0, 0.05) is 10.9 Å². The molecule has 2 aromatic carbocycles. The van der Waals surface area contributed by atoms with Crippen molar-refractivity contribution in [3.63, 3.8) is 0 Å². The van der Waals surface area contributed by atoms with Crippen molar-refractivity contribution in [1.82, 2.24) is 4.98 Å². The predicted molar refractivity (Wildman–Crippen MR) is 67.1 cm³/mol. The first kappa shape index (κ1) is 10.5. The topological polar surface area (TPSA) is 93.6 Å². The lowest BCUT2D eigenvalue weighted by Gasteiger charge is -2.07. The fourth-order valence-corrected chi connectivity index (χ4v) is 2.02. The Hall–Kier alpha value is -2.69. The van der Waals surface area contributed by atoms with Crippen LogP contribution in [0, 0.1) is 0 Å². The second-order valence-corrected chi connectivity index (χ2v) is 4.02. The number of phenols is 3. The fraction of sp³-hybridized carbons (Fsp3) is 0. The molecule has 1 aromatic heterocycles. The van der Waals surface area contributed by atoms with E-state index in [1.54, 1.807) is 24.3 Å². The summed E-state index contributed by atoms with van der Waals surface area (Å²) in [6.45, 7) is 0. The van der Waals surface area contributed by atoms with E-state index < -0.39 is 17.2 Å². The number of aromatic hydroxyl groups is 3. The molecule has 0 saturated heterocycles. The molecule has 0 radical (unpaired) electrons. The average molecular weight is 243 g/mol. The maximum atomic E-state index is 12.2. The molecule has 0 saturated carbocycles. The number of fused-ring (bicyclic) bond motifs is 2. The van der Waals surface area contributed by atoms with Gasteiger partial charge in [-0.05, 0) is 18.2 Å². The summed E-state index contributed by atoms with van der Waals surface area (Å²) in [6, 6.07) is 7.95. The summed E-state index contributed by atoms with van der Waals surface area (Å²) in [7, 11) is 0. The van der Waals surface area contributed by atoms with Crippen molar-refractivity contribution in [3.8, 4) is 17.2 Å². The fourth-order valence-electron chi connectivity index (χ4n) is 2.02. The molecule has 3 rings (SSSR count). The largest absolute Gasteiger partial charge is 0.504 e. The lowest BCUT2D eigenvalue weighted by atomic mass is 10.1. The Bertz CT molecular complexity index is 836. The van der Waals surface area contributed by atoms with Crippen LogP contribution in [0.4, 0.5) is 0 Å². The first-order valence-electron chi connectivity index (χ1n) is 5.28. The van der Waals surface area contributed by atoms with Crippen LogP contribution in [0.2, 0.25) is 0 Å². The first-order valence-corrected chi connectivity index (χ1v) is 5.28. The van der Waals surface area contributed by atoms with Crippen LogP contribution in [-0.4, -0.2) is 20.3 Å². The number of hydrogen-bond donors (Lipinski definition) is 4. The van der Waals surface area contributed by atoms with Crippen LogP contribution in [0.5, 0.6) is 17.2 Å². The molecule has 0 aliphatic heterocycles. The Kier molecular flexibility index (Phi) is 1.98. The number of pyridine rings is 1. The molecule has 0 fully saturated rings. The van der Waals surface area contributed by atoms with Crippen molar-refractivity contribution in [2.75, 3.05) is 0 Å². The normalized spacial score (nSPS) is 11.1. The summed E-state index contributed by atoms with van der Waals surface area (Å²) in [5.41, 5.74) is 0.342. The molecule has 0 aliphatic rings. The minimum atomic E-state index is -0.645. The molecule has 0 amide bonds. The highest BCUT2D eigenvalue weighted by Gasteiger charge is 2.15. The number of aromatic nitrogens is 1. The highest BCUT2D eigenvalue weighted by molar-refractivity contribution is 5.97. The zero-order valence-electron chi connectivity index (χ0n) is 9.14. The Morgan fingerprint density at radius 1 is 0.944 bits per heavy atom. The molecule has 5 heteroatoms. The smallest absolute Gasteiger partial charge is 0.202 e. The van der Waals surface area contributed by atoms with E-state index in [4.69, 9.17) is 0 Å². The van der Waals surface area contributed by atoms with Gasteiger partial charge in [-0.2, -0.15) is 0 Å². The van der Waals surface area contributed by atoms with E-state index in [1.165, 1.54) is 0 Å². The van der Waals surface area contributed by atoms with Gasteiger partial charge in [-0.3, -0.25) is 4.79 Å². The molecule has 0 spiro atoms. The molecule has 1 heterocycles. The molecule has 0 unspecified atom stereocenters. The number of rotatable bonds is 0. The summed E-state index contributed by atoms with van der Waals surface area (Å²) in [5.74, 6) is -1.71. The van der Waals surface area contributed by atoms with E-state index in [2.05, 4.69) is 4.98 Å². The zero-order chi connectivity index (χ0) is 12.9. The van der Waals surface area contributed by atoms with Crippen LogP contribution in [0.1, 0.15) is 0 Å². The van der Waals surface area contributed by atoms with Crippen molar-refractivity contribution in [3.05, 3.63) is 40.6 Å². The maximum Gasteiger partial charge on any atom is 0.202 e. The van der Waals surface area contributed by atoms with Gasteiger partial charge in [-0.25, -0.2) is 0 Å². The van der Waals surface area contributed by atoms with Crippen LogP contribution in [0.25, 0.3) is 21.8 Å². The third-order valence-electron chi connectivity index (χ3n) is 2.93. The van der Waals surface area contributed by atoms with E-state index in [-0.39, 0.29) is 16.3 Å². The van der Waals surface area contributed by atoms with Crippen LogP contribution in [0.3, 0.4) is 0 Å². The molecule has 0 atom stereocenters. The van der Waals surface area contributed by atoms with Crippen LogP contribution >= 0.6 is 0 Å². The van der Waals surface area contributed by atoms with Gasteiger partial charge in [0.1, 0.15) is 0 Å². The van der Waals surface area contributed by atoms with Gasteiger partial charge >= 0.3 is 0 Å². The summed E-state index contributed by atoms with van der Waals surface area (Å²) in [4.78, 5) is 15.0. The maximum absolute atomic E-state index is 12.2. The van der Waals surface area contributed by atoms with Crippen LogP contribution in [-0.2, 0) is 0 Å². The number of nitrogens with one attached hydrogen (secondary N) is 1. The number of phenolic OH excluding ortho intramolecular Hbond substituents is 3. The van der Waals surface area contributed by atoms with Crippen molar-refractivity contribution in [1.29, 1.82) is 0 Å². The minimum absolute atomic E-state index is 0.106. The number of aromatic amines is 1. The molecular formula is C13H9NO4. The van der Waals surface area contributed by atoms with Gasteiger partial charge < -0.3 is 20.3 Å². The lowest BCUT2D eigenvalue weighted by molar-refractivity contribution is 0.371. The molecule has 0 bridgehead atoms. The Balaban J connectivity index is 2.65. The molecule has 5 nitrogen and oxygen atoms in total. The molecule has 4 N–H and O–H groups in total. The Labute approximate surface area is 101 Å². The van der Waals surface area contributed by atoms with E-state index in [0.29, 0.717) is 10.9 Å². The predicted octanol–water partition coefficient (Wildman–Crippen LogP) is 1.80. The highest BCUT2D eigenvalue weighted by Crippen LogP contribution is 2.39. The van der Waals surface area contributed by atoms with Gasteiger partial charge in [0.15, 0.2) is 16.9 Å². The van der Waals surface area contributed by atoms with E-state index in [9.17, 15) is 20.1 Å². The second-order valence-electron chi connectivity index (χ2n) is 4.02. The standard InChI is InChI=1S/C13H9NO4/c15-9-5-7-10(13(18)12(9)17)14-8-4-2-1-3-6(8)11(7)16/h1-5,15,17-18H,(H,14,16). The summed E-state index contributed by atoms with van der Waals surface area (Å²) in [6.07, 6.45) is 0. The zero-order valence-corrected chi connectivity index (χ0v) is 9.14. The van der Waals surface area contributed by atoms with Gasteiger partial charge in [0.05, 0.1) is 10.9 Å².